The second-order valence-electron chi connectivity index (χ2n) is 5.63. The zero-order valence-electron chi connectivity index (χ0n) is 14.2. The molecule has 0 saturated heterocycles. The summed E-state index contributed by atoms with van der Waals surface area (Å²) in [6.07, 6.45) is 1.63. The van der Waals surface area contributed by atoms with Crippen molar-refractivity contribution in [2.75, 3.05) is 7.11 Å². The fourth-order valence-corrected chi connectivity index (χ4v) is 2.57. The molecule has 0 bridgehead atoms. The average Bonchev–Trinajstić information content (AvgIpc) is 3.02. The van der Waals surface area contributed by atoms with Gasteiger partial charge in [-0.3, -0.25) is 0 Å². The van der Waals surface area contributed by atoms with E-state index in [0.717, 1.165) is 16.7 Å². The summed E-state index contributed by atoms with van der Waals surface area (Å²) in [4.78, 5) is 8.76. The van der Waals surface area contributed by atoms with Crippen molar-refractivity contribution < 1.29 is 4.74 Å². The van der Waals surface area contributed by atoms with Gasteiger partial charge in [0.2, 0.25) is 5.90 Å². The maximum absolute atomic E-state index is 9.36. The Hall–Kier alpha value is -3.39. The SMILES string of the molecule is COC(=Nc1c(C#N)ncn1Cc1ccccc1)c1cccc(C)c1. The van der Waals surface area contributed by atoms with Gasteiger partial charge in [0.1, 0.15) is 6.07 Å². The molecule has 1 aromatic heterocycles. The molecule has 0 radical (unpaired) electrons. The predicted octanol–water partition coefficient (Wildman–Crippen LogP) is 3.84. The summed E-state index contributed by atoms with van der Waals surface area (Å²) >= 11 is 0. The number of aliphatic imine (C=N–C) groups is 1. The Morgan fingerprint density at radius 1 is 1.20 bits per heavy atom. The molecule has 0 fully saturated rings. The summed E-state index contributed by atoms with van der Waals surface area (Å²) in [5, 5.41) is 9.36. The van der Waals surface area contributed by atoms with E-state index in [-0.39, 0.29) is 5.69 Å². The zero-order chi connectivity index (χ0) is 17.6. The maximum atomic E-state index is 9.36. The van der Waals surface area contributed by atoms with Gasteiger partial charge in [-0.2, -0.15) is 10.3 Å². The second kappa shape index (κ2) is 7.45. The van der Waals surface area contributed by atoms with E-state index >= 15 is 0 Å². The average molecular weight is 330 g/mol. The summed E-state index contributed by atoms with van der Waals surface area (Å²) in [7, 11) is 1.57. The monoisotopic (exact) mass is 330 g/mol. The van der Waals surface area contributed by atoms with Crippen LogP contribution >= 0.6 is 0 Å². The van der Waals surface area contributed by atoms with Crippen LogP contribution in [0.25, 0.3) is 0 Å². The van der Waals surface area contributed by atoms with E-state index in [2.05, 4.69) is 16.0 Å². The lowest BCUT2D eigenvalue weighted by Crippen LogP contribution is -2.05. The lowest BCUT2D eigenvalue weighted by molar-refractivity contribution is 0.404. The molecule has 3 rings (SSSR count). The van der Waals surface area contributed by atoms with Crippen molar-refractivity contribution in [1.29, 1.82) is 5.26 Å². The number of ether oxygens (including phenoxy) is 1. The van der Waals surface area contributed by atoms with E-state index in [4.69, 9.17) is 4.74 Å². The molecule has 5 nitrogen and oxygen atoms in total. The van der Waals surface area contributed by atoms with Crippen LogP contribution in [0.3, 0.4) is 0 Å². The highest BCUT2D eigenvalue weighted by Crippen LogP contribution is 2.21. The molecular weight excluding hydrogens is 312 g/mol. The van der Waals surface area contributed by atoms with Crippen molar-refractivity contribution in [3.8, 4) is 6.07 Å². The van der Waals surface area contributed by atoms with E-state index < -0.39 is 0 Å². The predicted molar refractivity (Wildman–Crippen MR) is 96.9 cm³/mol. The number of benzene rings is 2. The molecule has 124 valence electrons. The topological polar surface area (TPSA) is 63.2 Å². The molecule has 0 saturated carbocycles. The van der Waals surface area contributed by atoms with E-state index in [1.54, 1.807) is 13.4 Å². The number of aromatic nitrogens is 2. The van der Waals surface area contributed by atoms with Crippen molar-refractivity contribution in [3.63, 3.8) is 0 Å². The number of imidazole rings is 1. The Balaban J connectivity index is 2.03. The first-order chi connectivity index (χ1) is 12.2. The number of nitriles is 1. The smallest absolute Gasteiger partial charge is 0.222 e. The number of nitrogens with zero attached hydrogens (tertiary/aromatic N) is 4. The Labute approximate surface area is 146 Å². The van der Waals surface area contributed by atoms with Crippen molar-refractivity contribution in [2.24, 2.45) is 4.99 Å². The van der Waals surface area contributed by atoms with Gasteiger partial charge in [-0.05, 0) is 24.6 Å². The highest BCUT2D eigenvalue weighted by molar-refractivity contribution is 5.95. The largest absolute Gasteiger partial charge is 0.481 e. The highest BCUT2D eigenvalue weighted by Gasteiger charge is 2.13. The molecule has 1 heterocycles. The van der Waals surface area contributed by atoms with Crippen LogP contribution in [0.5, 0.6) is 0 Å². The number of hydrogen-bond donors (Lipinski definition) is 0. The normalized spacial score (nSPS) is 11.2. The van der Waals surface area contributed by atoms with Crippen molar-refractivity contribution in [2.45, 2.75) is 13.5 Å². The summed E-state index contributed by atoms with van der Waals surface area (Å²) in [6, 6.07) is 20.0. The maximum Gasteiger partial charge on any atom is 0.222 e. The molecule has 5 heteroatoms. The molecule has 2 aromatic carbocycles. The summed E-state index contributed by atoms with van der Waals surface area (Å²) in [5.41, 5.74) is 3.35. The van der Waals surface area contributed by atoms with Gasteiger partial charge in [0.05, 0.1) is 20.0 Å². The minimum atomic E-state index is 0.276. The number of aryl methyl sites for hydroxylation is 1. The third-order valence-corrected chi connectivity index (χ3v) is 3.78. The van der Waals surface area contributed by atoms with Gasteiger partial charge >= 0.3 is 0 Å². The van der Waals surface area contributed by atoms with Crippen LogP contribution in [-0.2, 0) is 11.3 Å². The summed E-state index contributed by atoms with van der Waals surface area (Å²) in [5.74, 6) is 0.944. The van der Waals surface area contributed by atoms with Gasteiger partial charge in [0, 0.05) is 5.56 Å². The molecule has 0 aliphatic rings. The van der Waals surface area contributed by atoms with Crippen molar-refractivity contribution in [3.05, 3.63) is 83.3 Å². The first-order valence-corrected chi connectivity index (χ1v) is 7.90. The Kier molecular flexibility index (Phi) is 4.91. The molecule has 3 aromatic rings. The van der Waals surface area contributed by atoms with Crippen molar-refractivity contribution in [1.82, 2.24) is 9.55 Å². The van der Waals surface area contributed by atoms with Crippen LogP contribution in [0.2, 0.25) is 0 Å². The fourth-order valence-electron chi connectivity index (χ4n) is 2.57. The van der Waals surface area contributed by atoms with Crippen LogP contribution in [0.1, 0.15) is 22.4 Å². The lowest BCUT2D eigenvalue weighted by Gasteiger charge is -2.09. The molecule has 25 heavy (non-hydrogen) atoms. The molecule has 0 N–H and O–H groups in total. The van der Waals surface area contributed by atoms with E-state index in [9.17, 15) is 5.26 Å². The zero-order valence-corrected chi connectivity index (χ0v) is 14.2. The van der Waals surface area contributed by atoms with Gasteiger partial charge in [0.25, 0.3) is 0 Å². The Bertz CT molecular complexity index is 936. The molecule has 0 aliphatic carbocycles. The van der Waals surface area contributed by atoms with E-state index in [0.29, 0.717) is 18.3 Å². The second-order valence-corrected chi connectivity index (χ2v) is 5.63. The first kappa shape index (κ1) is 16.5. The molecule has 0 unspecified atom stereocenters. The highest BCUT2D eigenvalue weighted by atomic mass is 16.5. The van der Waals surface area contributed by atoms with Crippen molar-refractivity contribution >= 4 is 11.7 Å². The molecule has 0 aliphatic heterocycles. The van der Waals surface area contributed by atoms with Crippen LogP contribution in [0, 0.1) is 18.3 Å². The van der Waals surface area contributed by atoms with Crippen LogP contribution in [0.15, 0.2) is 65.9 Å². The van der Waals surface area contributed by atoms with Crippen LogP contribution < -0.4 is 0 Å². The van der Waals surface area contributed by atoms with Gasteiger partial charge in [0.15, 0.2) is 11.5 Å². The quantitative estimate of drug-likeness (QED) is 0.539. The van der Waals surface area contributed by atoms with Gasteiger partial charge in [-0.25, -0.2) is 4.98 Å². The van der Waals surface area contributed by atoms with Gasteiger partial charge < -0.3 is 9.30 Å². The lowest BCUT2D eigenvalue weighted by atomic mass is 10.1. The summed E-state index contributed by atoms with van der Waals surface area (Å²) in [6.45, 7) is 2.59. The third-order valence-electron chi connectivity index (χ3n) is 3.78. The molecular formula is C20H18N4O. The van der Waals surface area contributed by atoms with E-state index in [1.165, 1.54) is 0 Å². The van der Waals surface area contributed by atoms with Gasteiger partial charge in [-0.15, -0.1) is 0 Å². The Morgan fingerprint density at radius 2 is 2.00 bits per heavy atom. The van der Waals surface area contributed by atoms with Gasteiger partial charge in [-0.1, -0.05) is 48.0 Å². The Morgan fingerprint density at radius 3 is 2.68 bits per heavy atom. The molecule has 0 amide bonds. The summed E-state index contributed by atoms with van der Waals surface area (Å²) < 4.78 is 7.32. The standard InChI is InChI=1S/C20H18N4O/c1-15-7-6-10-17(11-15)20(25-2)23-19-18(12-21)22-14-24(19)13-16-8-4-3-5-9-16/h3-11,14H,13H2,1-2H3. The molecule has 0 atom stereocenters. The third kappa shape index (κ3) is 3.75. The van der Waals surface area contributed by atoms with E-state index in [1.807, 2.05) is 66.1 Å². The number of rotatable bonds is 4. The minimum Gasteiger partial charge on any atom is -0.481 e. The van der Waals surface area contributed by atoms with Crippen LogP contribution in [-0.4, -0.2) is 22.6 Å². The van der Waals surface area contributed by atoms with Crippen LogP contribution in [0.4, 0.5) is 5.82 Å². The fraction of sp³-hybridized carbons (Fsp3) is 0.150. The molecule has 0 spiro atoms. The number of hydrogen-bond acceptors (Lipinski definition) is 4. The number of methoxy groups -OCH3 is 1. The minimum absolute atomic E-state index is 0.276. The first-order valence-electron chi connectivity index (χ1n) is 7.90.